The Morgan fingerprint density at radius 2 is 1.79 bits per heavy atom. The van der Waals surface area contributed by atoms with Crippen molar-refractivity contribution in [1.29, 1.82) is 0 Å². The Morgan fingerprint density at radius 1 is 1.00 bits per heavy atom. The molecular formula is C26H25BrN2O4. The van der Waals surface area contributed by atoms with Gasteiger partial charge in [0.05, 0.1) is 21.8 Å². The molecule has 170 valence electrons. The standard InChI is InChI=1S/C26H25BrN2O4/c27-22-15-19(18-7-2-1-3-8-18)12-13-24(22)33-17-25(30)29-23-11-5-4-10-21(23)26(31)28-16-20-9-6-14-32-20/h1-5,7-8,10-13,15,20H,6,9,14,16-17H2,(H,28,31)(H,29,30). The van der Waals surface area contributed by atoms with Crippen molar-refractivity contribution >= 4 is 33.4 Å². The average molecular weight is 509 g/mol. The quantitative estimate of drug-likeness (QED) is 0.446. The zero-order valence-corrected chi connectivity index (χ0v) is 19.6. The van der Waals surface area contributed by atoms with Gasteiger partial charge in [0.1, 0.15) is 5.75 Å². The van der Waals surface area contributed by atoms with Crippen LogP contribution in [-0.4, -0.2) is 37.7 Å². The highest BCUT2D eigenvalue weighted by Gasteiger charge is 2.18. The molecule has 1 atom stereocenters. The van der Waals surface area contributed by atoms with Gasteiger partial charge in [-0.05, 0) is 64.2 Å². The van der Waals surface area contributed by atoms with Crippen LogP contribution >= 0.6 is 15.9 Å². The van der Waals surface area contributed by atoms with Gasteiger partial charge in [-0.2, -0.15) is 0 Å². The molecule has 7 heteroatoms. The van der Waals surface area contributed by atoms with Crippen molar-refractivity contribution < 1.29 is 19.1 Å². The van der Waals surface area contributed by atoms with Crippen LogP contribution in [0.4, 0.5) is 5.69 Å². The first kappa shape index (κ1) is 23.0. The van der Waals surface area contributed by atoms with E-state index in [9.17, 15) is 9.59 Å². The summed E-state index contributed by atoms with van der Waals surface area (Å²) in [5.41, 5.74) is 2.98. The number of anilines is 1. The lowest BCUT2D eigenvalue weighted by Gasteiger charge is -2.14. The molecule has 33 heavy (non-hydrogen) atoms. The first-order valence-corrected chi connectivity index (χ1v) is 11.7. The van der Waals surface area contributed by atoms with Crippen molar-refractivity contribution in [2.75, 3.05) is 25.1 Å². The molecule has 1 unspecified atom stereocenters. The molecule has 1 heterocycles. The molecule has 3 aromatic carbocycles. The molecule has 0 radical (unpaired) electrons. The molecule has 4 rings (SSSR count). The second-order valence-electron chi connectivity index (χ2n) is 7.74. The number of benzene rings is 3. The lowest BCUT2D eigenvalue weighted by atomic mass is 10.1. The fourth-order valence-corrected chi connectivity index (χ4v) is 4.15. The highest BCUT2D eigenvalue weighted by Crippen LogP contribution is 2.30. The molecule has 1 aliphatic rings. The summed E-state index contributed by atoms with van der Waals surface area (Å²) in [7, 11) is 0. The molecule has 0 bridgehead atoms. The molecule has 0 aliphatic carbocycles. The van der Waals surface area contributed by atoms with Crippen LogP contribution in [-0.2, 0) is 9.53 Å². The molecule has 0 spiro atoms. The van der Waals surface area contributed by atoms with E-state index < -0.39 is 0 Å². The van der Waals surface area contributed by atoms with Gasteiger partial charge in [-0.3, -0.25) is 9.59 Å². The number of carbonyl (C=O) groups excluding carboxylic acids is 2. The first-order chi connectivity index (χ1) is 16.1. The molecule has 0 aromatic heterocycles. The van der Waals surface area contributed by atoms with Gasteiger partial charge in [0, 0.05) is 13.2 Å². The van der Waals surface area contributed by atoms with E-state index in [1.54, 1.807) is 24.3 Å². The molecule has 1 fully saturated rings. The van der Waals surface area contributed by atoms with Crippen LogP contribution in [0.2, 0.25) is 0 Å². The second kappa shape index (κ2) is 11.1. The van der Waals surface area contributed by atoms with Crippen molar-refractivity contribution in [1.82, 2.24) is 5.32 Å². The third-order valence-electron chi connectivity index (χ3n) is 5.36. The number of nitrogens with one attached hydrogen (secondary N) is 2. The smallest absolute Gasteiger partial charge is 0.262 e. The van der Waals surface area contributed by atoms with Gasteiger partial charge < -0.3 is 20.1 Å². The Labute approximate surface area is 201 Å². The molecule has 1 aliphatic heterocycles. The number of halogens is 1. The van der Waals surface area contributed by atoms with Crippen molar-refractivity contribution in [3.05, 3.63) is 82.8 Å². The summed E-state index contributed by atoms with van der Waals surface area (Å²) in [6.07, 6.45) is 2.01. The predicted molar refractivity (Wildman–Crippen MR) is 131 cm³/mol. The summed E-state index contributed by atoms with van der Waals surface area (Å²) in [4.78, 5) is 25.1. The Hall–Kier alpha value is -3.16. The highest BCUT2D eigenvalue weighted by molar-refractivity contribution is 9.10. The van der Waals surface area contributed by atoms with Crippen LogP contribution in [0.15, 0.2) is 77.3 Å². The maximum atomic E-state index is 12.6. The molecule has 6 nitrogen and oxygen atoms in total. The average Bonchev–Trinajstić information content (AvgIpc) is 3.36. The largest absolute Gasteiger partial charge is 0.483 e. The van der Waals surface area contributed by atoms with Crippen LogP contribution < -0.4 is 15.4 Å². The number of rotatable bonds is 8. The molecule has 2 amide bonds. The second-order valence-corrected chi connectivity index (χ2v) is 8.59. The third-order valence-corrected chi connectivity index (χ3v) is 5.98. The minimum absolute atomic E-state index is 0.0517. The predicted octanol–water partition coefficient (Wildman–Crippen LogP) is 5.04. The van der Waals surface area contributed by atoms with E-state index in [2.05, 4.69) is 26.6 Å². The summed E-state index contributed by atoms with van der Waals surface area (Å²) < 4.78 is 12.0. The van der Waals surface area contributed by atoms with Gasteiger partial charge in [-0.15, -0.1) is 0 Å². The summed E-state index contributed by atoms with van der Waals surface area (Å²) in [5.74, 6) is -0.0394. The van der Waals surface area contributed by atoms with Gasteiger partial charge in [0.25, 0.3) is 11.8 Å². The number of amides is 2. The van der Waals surface area contributed by atoms with Gasteiger partial charge >= 0.3 is 0 Å². The number of ether oxygens (including phenoxy) is 2. The fourth-order valence-electron chi connectivity index (χ4n) is 3.65. The van der Waals surface area contributed by atoms with Gasteiger partial charge in [-0.1, -0.05) is 48.5 Å². The van der Waals surface area contributed by atoms with Crippen LogP contribution in [0.3, 0.4) is 0 Å². The zero-order chi connectivity index (χ0) is 23.0. The Morgan fingerprint density at radius 3 is 2.55 bits per heavy atom. The van der Waals surface area contributed by atoms with Gasteiger partial charge in [0.2, 0.25) is 0 Å². The van der Waals surface area contributed by atoms with E-state index in [0.717, 1.165) is 35.0 Å². The maximum absolute atomic E-state index is 12.6. The number of hydrogen-bond donors (Lipinski definition) is 2. The van der Waals surface area contributed by atoms with E-state index in [0.29, 0.717) is 23.5 Å². The molecule has 1 saturated heterocycles. The Bertz CT molecular complexity index is 1110. The summed E-state index contributed by atoms with van der Waals surface area (Å²) in [6, 6.07) is 22.6. The summed E-state index contributed by atoms with van der Waals surface area (Å²) in [5, 5.41) is 5.66. The van der Waals surface area contributed by atoms with Crippen molar-refractivity contribution in [3.8, 4) is 16.9 Å². The lowest BCUT2D eigenvalue weighted by molar-refractivity contribution is -0.118. The van der Waals surface area contributed by atoms with E-state index in [1.165, 1.54) is 0 Å². The number of hydrogen-bond acceptors (Lipinski definition) is 4. The molecule has 2 N–H and O–H groups in total. The van der Waals surface area contributed by atoms with Crippen LogP contribution in [0.25, 0.3) is 11.1 Å². The summed E-state index contributed by atoms with van der Waals surface area (Å²) >= 11 is 3.52. The number of para-hydroxylation sites is 1. The van der Waals surface area contributed by atoms with Crippen LogP contribution in [0, 0.1) is 0 Å². The zero-order valence-electron chi connectivity index (χ0n) is 18.1. The normalized spacial score (nSPS) is 15.1. The molecular weight excluding hydrogens is 484 g/mol. The van der Waals surface area contributed by atoms with Crippen molar-refractivity contribution in [2.24, 2.45) is 0 Å². The first-order valence-electron chi connectivity index (χ1n) is 10.9. The Kier molecular flexibility index (Phi) is 7.75. The third kappa shape index (κ3) is 6.21. The minimum atomic E-state index is -0.353. The maximum Gasteiger partial charge on any atom is 0.262 e. The van der Waals surface area contributed by atoms with E-state index in [4.69, 9.17) is 9.47 Å². The van der Waals surface area contributed by atoms with Gasteiger partial charge in [-0.25, -0.2) is 0 Å². The van der Waals surface area contributed by atoms with E-state index in [-0.39, 0.29) is 24.5 Å². The van der Waals surface area contributed by atoms with Crippen molar-refractivity contribution in [2.45, 2.75) is 18.9 Å². The van der Waals surface area contributed by atoms with E-state index in [1.807, 2.05) is 48.5 Å². The van der Waals surface area contributed by atoms with Gasteiger partial charge in [0.15, 0.2) is 6.61 Å². The lowest BCUT2D eigenvalue weighted by Crippen LogP contribution is -2.32. The Balaban J connectivity index is 1.34. The van der Waals surface area contributed by atoms with E-state index >= 15 is 0 Å². The van der Waals surface area contributed by atoms with Crippen molar-refractivity contribution in [3.63, 3.8) is 0 Å². The molecule has 3 aromatic rings. The van der Waals surface area contributed by atoms with Crippen LogP contribution in [0.5, 0.6) is 5.75 Å². The summed E-state index contributed by atoms with van der Waals surface area (Å²) in [6.45, 7) is 1.00. The SMILES string of the molecule is O=C(COc1ccc(-c2ccccc2)cc1Br)Nc1ccccc1C(=O)NCC1CCCO1. The monoisotopic (exact) mass is 508 g/mol. The fraction of sp³-hybridized carbons (Fsp3) is 0.231. The minimum Gasteiger partial charge on any atom is -0.483 e. The topological polar surface area (TPSA) is 76.7 Å². The van der Waals surface area contributed by atoms with Crippen LogP contribution in [0.1, 0.15) is 23.2 Å². The number of carbonyl (C=O) groups is 2. The molecule has 0 saturated carbocycles. The highest BCUT2D eigenvalue weighted by atomic mass is 79.9.